The molecule has 0 N–H and O–H groups in total. The topological polar surface area (TPSA) is 93.0 Å². The van der Waals surface area contributed by atoms with Gasteiger partial charge in [0.2, 0.25) is 10.0 Å². The van der Waals surface area contributed by atoms with E-state index in [-0.39, 0.29) is 42.7 Å². The molecule has 3 heterocycles. The third kappa shape index (κ3) is 3.47. The second kappa shape index (κ2) is 7.49. The molecular weight excluding hydrogens is 394 g/mol. The van der Waals surface area contributed by atoms with E-state index in [1.165, 1.54) is 22.8 Å². The number of methoxy groups -OCH3 is 1. The van der Waals surface area contributed by atoms with Gasteiger partial charge in [0.15, 0.2) is 5.76 Å². The molecular formula is C20H21N3O5S. The maximum atomic E-state index is 13.0. The van der Waals surface area contributed by atoms with Gasteiger partial charge in [-0.05, 0) is 37.3 Å². The lowest BCUT2D eigenvalue weighted by Gasteiger charge is -2.33. The molecule has 0 spiro atoms. The number of carbonyl (C=O) groups excluding carboxylic acids is 1. The number of hydrogen-bond donors (Lipinski definition) is 0. The Hall–Kier alpha value is -2.91. The fourth-order valence-corrected chi connectivity index (χ4v) is 4.84. The monoisotopic (exact) mass is 415 g/mol. The highest BCUT2D eigenvalue weighted by Gasteiger charge is 2.32. The number of aromatic nitrogens is 1. The molecule has 9 heteroatoms. The average Bonchev–Trinajstić information content (AvgIpc) is 3.09. The Kier molecular flexibility index (Phi) is 5.01. The van der Waals surface area contributed by atoms with Crippen molar-refractivity contribution in [2.75, 3.05) is 33.3 Å². The smallest absolute Gasteiger partial charge is 0.289 e. The highest BCUT2D eigenvalue weighted by Crippen LogP contribution is 2.30. The number of pyridine rings is 1. The Bertz CT molecular complexity index is 1150. The number of piperazine rings is 1. The summed E-state index contributed by atoms with van der Waals surface area (Å²) in [5, 5.41) is 0.825. The van der Waals surface area contributed by atoms with E-state index in [1.54, 1.807) is 30.2 Å². The summed E-state index contributed by atoms with van der Waals surface area (Å²) in [6.45, 7) is 2.85. The van der Waals surface area contributed by atoms with Crippen molar-refractivity contribution < 1.29 is 22.4 Å². The van der Waals surface area contributed by atoms with E-state index >= 15 is 0 Å². The van der Waals surface area contributed by atoms with Crippen LogP contribution in [-0.4, -0.2) is 61.8 Å². The molecule has 8 nitrogen and oxygen atoms in total. The summed E-state index contributed by atoms with van der Waals surface area (Å²) in [5.41, 5.74) is 1.36. The number of fused-ring (bicyclic) bond motifs is 1. The van der Waals surface area contributed by atoms with Gasteiger partial charge < -0.3 is 14.1 Å². The molecule has 1 amide bonds. The second-order valence-corrected chi connectivity index (χ2v) is 8.74. The van der Waals surface area contributed by atoms with Crippen LogP contribution in [-0.2, 0) is 10.0 Å². The Morgan fingerprint density at radius 3 is 2.59 bits per heavy atom. The van der Waals surface area contributed by atoms with Gasteiger partial charge in [0.1, 0.15) is 16.2 Å². The van der Waals surface area contributed by atoms with Gasteiger partial charge in [0, 0.05) is 49.5 Å². The van der Waals surface area contributed by atoms with Crippen LogP contribution in [0, 0.1) is 6.92 Å². The first-order valence-corrected chi connectivity index (χ1v) is 10.6. The van der Waals surface area contributed by atoms with E-state index < -0.39 is 10.0 Å². The maximum absolute atomic E-state index is 13.0. The number of sulfonamides is 1. The molecule has 1 fully saturated rings. The van der Waals surface area contributed by atoms with Gasteiger partial charge in [-0.2, -0.15) is 4.31 Å². The van der Waals surface area contributed by atoms with Crippen LogP contribution in [0.2, 0.25) is 0 Å². The van der Waals surface area contributed by atoms with Crippen molar-refractivity contribution in [2.24, 2.45) is 0 Å². The van der Waals surface area contributed by atoms with Gasteiger partial charge in [-0.1, -0.05) is 0 Å². The minimum atomic E-state index is -3.62. The van der Waals surface area contributed by atoms with Crippen molar-refractivity contribution in [1.29, 1.82) is 0 Å². The Balaban J connectivity index is 1.51. The SMILES string of the molecule is COc1ccc2oc(C(=O)N3CCN(S(=O)(=O)c4cccnc4)CC3)c(C)c2c1. The Morgan fingerprint density at radius 1 is 1.17 bits per heavy atom. The fourth-order valence-electron chi connectivity index (χ4n) is 3.45. The quantitative estimate of drug-likeness (QED) is 0.649. The molecule has 0 aliphatic carbocycles. The van der Waals surface area contributed by atoms with Crippen LogP contribution >= 0.6 is 0 Å². The summed E-state index contributed by atoms with van der Waals surface area (Å²) in [5.74, 6) is 0.725. The second-order valence-electron chi connectivity index (χ2n) is 6.80. The van der Waals surface area contributed by atoms with Crippen molar-refractivity contribution in [3.8, 4) is 5.75 Å². The van der Waals surface area contributed by atoms with Crippen LogP contribution < -0.4 is 4.74 Å². The fraction of sp³-hybridized carbons (Fsp3) is 0.300. The van der Waals surface area contributed by atoms with E-state index in [9.17, 15) is 13.2 Å². The number of ether oxygens (including phenoxy) is 1. The average molecular weight is 415 g/mol. The molecule has 2 aromatic heterocycles. The van der Waals surface area contributed by atoms with Crippen molar-refractivity contribution in [2.45, 2.75) is 11.8 Å². The lowest BCUT2D eigenvalue weighted by molar-refractivity contribution is 0.0667. The molecule has 0 bridgehead atoms. The lowest BCUT2D eigenvalue weighted by atomic mass is 10.1. The van der Waals surface area contributed by atoms with Gasteiger partial charge in [0.25, 0.3) is 5.91 Å². The number of amides is 1. The molecule has 0 saturated carbocycles. The first-order valence-electron chi connectivity index (χ1n) is 9.18. The first-order chi connectivity index (χ1) is 13.9. The summed E-state index contributed by atoms with van der Waals surface area (Å²) < 4.78 is 37.8. The third-order valence-corrected chi connectivity index (χ3v) is 7.02. The van der Waals surface area contributed by atoms with Crippen LogP contribution in [0.5, 0.6) is 5.75 Å². The molecule has 152 valence electrons. The number of rotatable bonds is 4. The molecule has 0 atom stereocenters. The molecule has 1 saturated heterocycles. The standard InChI is InChI=1S/C20H21N3O5S/c1-14-17-12-15(27-2)5-6-18(17)28-19(14)20(24)22-8-10-23(11-9-22)29(25,26)16-4-3-7-21-13-16/h3-7,12-13H,8-11H2,1-2H3. The van der Waals surface area contributed by atoms with E-state index in [4.69, 9.17) is 9.15 Å². The zero-order chi connectivity index (χ0) is 20.6. The number of aryl methyl sites for hydroxylation is 1. The normalized spacial score (nSPS) is 15.6. The number of hydrogen-bond acceptors (Lipinski definition) is 6. The van der Waals surface area contributed by atoms with E-state index in [0.29, 0.717) is 11.3 Å². The molecule has 3 aromatic rings. The number of benzene rings is 1. The highest BCUT2D eigenvalue weighted by molar-refractivity contribution is 7.89. The first kappa shape index (κ1) is 19.4. The van der Waals surface area contributed by atoms with Crippen molar-refractivity contribution >= 4 is 26.9 Å². The Morgan fingerprint density at radius 2 is 1.93 bits per heavy atom. The van der Waals surface area contributed by atoms with Gasteiger partial charge in [-0.15, -0.1) is 0 Å². The van der Waals surface area contributed by atoms with E-state index in [1.807, 2.05) is 13.0 Å². The zero-order valence-corrected chi connectivity index (χ0v) is 17.0. The zero-order valence-electron chi connectivity index (χ0n) is 16.2. The molecule has 4 rings (SSSR count). The third-order valence-electron chi connectivity index (χ3n) is 5.14. The van der Waals surface area contributed by atoms with E-state index in [0.717, 1.165) is 10.9 Å². The summed E-state index contributed by atoms with van der Waals surface area (Å²) in [7, 11) is -2.03. The molecule has 1 aliphatic heterocycles. The number of carbonyl (C=O) groups is 1. The van der Waals surface area contributed by atoms with Crippen molar-refractivity contribution in [3.05, 3.63) is 54.0 Å². The minimum absolute atomic E-state index is 0.154. The predicted molar refractivity (Wildman–Crippen MR) is 106 cm³/mol. The summed E-state index contributed by atoms with van der Waals surface area (Å²) in [4.78, 5) is 18.7. The summed E-state index contributed by atoms with van der Waals surface area (Å²) in [6.07, 6.45) is 2.86. The van der Waals surface area contributed by atoms with Crippen LogP contribution in [0.4, 0.5) is 0 Å². The largest absolute Gasteiger partial charge is 0.497 e. The molecule has 1 aromatic carbocycles. The maximum Gasteiger partial charge on any atom is 0.289 e. The minimum Gasteiger partial charge on any atom is -0.497 e. The number of furan rings is 1. The van der Waals surface area contributed by atoms with Crippen LogP contribution in [0.3, 0.4) is 0 Å². The summed E-state index contributed by atoms with van der Waals surface area (Å²) >= 11 is 0. The van der Waals surface area contributed by atoms with Gasteiger partial charge >= 0.3 is 0 Å². The van der Waals surface area contributed by atoms with E-state index in [2.05, 4.69) is 4.98 Å². The van der Waals surface area contributed by atoms with Crippen molar-refractivity contribution in [3.63, 3.8) is 0 Å². The van der Waals surface area contributed by atoms with Crippen LogP contribution in [0.25, 0.3) is 11.0 Å². The lowest BCUT2D eigenvalue weighted by Crippen LogP contribution is -2.50. The molecule has 0 radical (unpaired) electrons. The predicted octanol–water partition coefficient (Wildman–Crippen LogP) is 2.29. The number of nitrogens with zero attached hydrogens (tertiary/aromatic N) is 3. The van der Waals surface area contributed by atoms with Gasteiger partial charge in [-0.3, -0.25) is 9.78 Å². The molecule has 1 aliphatic rings. The van der Waals surface area contributed by atoms with Gasteiger partial charge in [-0.25, -0.2) is 8.42 Å². The molecule has 29 heavy (non-hydrogen) atoms. The molecule has 0 unspecified atom stereocenters. The summed E-state index contributed by atoms with van der Waals surface area (Å²) in [6, 6.07) is 8.50. The van der Waals surface area contributed by atoms with Crippen LogP contribution in [0.15, 0.2) is 52.0 Å². The van der Waals surface area contributed by atoms with Crippen LogP contribution in [0.1, 0.15) is 16.1 Å². The Labute approximate surface area is 168 Å². The van der Waals surface area contributed by atoms with Crippen molar-refractivity contribution in [1.82, 2.24) is 14.2 Å². The highest BCUT2D eigenvalue weighted by atomic mass is 32.2. The van der Waals surface area contributed by atoms with Gasteiger partial charge in [0.05, 0.1) is 7.11 Å².